The molecule has 0 atom stereocenters. The predicted octanol–water partition coefficient (Wildman–Crippen LogP) is -0.499. The average molecular weight is 259 g/mol. The molecule has 0 aliphatic carbocycles. The molecule has 1 aromatic carbocycles. The quantitative estimate of drug-likeness (QED) is 0.687. The number of carbonyl (C=O) groups excluding carboxylic acids is 1. The molecule has 4 nitrogen and oxygen atoms in total. The predicted molar refractivity (Wildman–Crippen MR) is 62.6 cm³/mol. The van der Waals surface area contributed by atoms with E-state index in [-0.39, 0.29) is 56.9 Å². The molecule has 0 N–H and O–H groups in total. The molecule has 1 aromatic rings. The number of carbonyl (C=O) groups is 1. The molecule has 0 amide bonds. The monoisotopic (exact) mass is 259 g/mol. The van der Waals surface area contributed by atoms with Gasteiger partial charge in [-0.05, 0) is 11.1 Å². The molecular formula is C12H14KNO3-. The summed E-state index contributed by atoms with van der Waals surface area (Å²) < 4.78 is 5.26. The second-order valence-electron chi connectivity index (χ2n) is 3.87. The molecule has 1 aliphatic rings. The number of nitrogens with zero attached hydrogens (tertiary/aromatic N) is 1. The smallest absolute Gasteiger partial charge is 0.0715 e. The van der Waals surface area contributed by atoms with Gasteiger partial charge >= 0.3 is 0 Å². The van der Waals surface area contributed by atoms with Gasteiger partial charge in [0.05, 0.1) is 19.2 Å². The molecule has 0 aromatic heterocycles. The van der Waals surface area contributed by atoms with Gasteiger partial charge in [-0.2, -0.15) is 0 Å². The van der Waals surface area contributed by atoms with Crippen molar-refractivity contribution >= 4 is 57.4 Å². The minimum absolute atomic E-state index is 0. The summed E-state index contributed by atoms with van der Waals surface area (Å²) in [6.07, 6.45) is 0. The van der Waals surface area contributed by atoms with Crippen LogP contribution in [0.25, 0.3) is 0 Å². The van der Waals surface area contributed by atoms with Crippen LogP contribution in [-0.4, -0.2) is 88.6 Å². The summed E-state index contributed by atoms with van der Waals surface area (Å²) in [5.74, 6) is -1.13. The van der Waals surface area contributed by atoms with Gasteiger partial charge in [-0.3, -0.25) is 4.90 Å². The molecule has 1 radical (unpaired) electrons. The summed E-state index contributed by atoms with van der Waals surface area (Å²) in [6.45, 7) is 4.26. The maximum atomic E-state index is 10.6. The van der Waals surface area contributed by atoms with E-state index in [1.807, 2.05) is 12.1 Å². The topological polar surface area (TPSA) is 52.6 Å². The molecule has 0 spiro atoms. The Kier molecular flexibility index (Phi) is 6.87. The van der Waals surface area contributed by atoms with Crippen LogP contribution in [0.1, 0.15) is 15.9 Å². The SMILES string of the molecule is O=C([O-])c1ccc(CN2CCOCC2)cc1.[K]. The standard InChI is InChI=1S/C12H15NO3.K/c14-12(15)11-3-1-10(2-4-11)9-13-5-7-16-8-6-13;/h1-4H,5-9H2,(H,14,15);/p-1. The molecule has 1 heterocycles. The minimum Gasteiger partial charge on any atom is -0.545 e. The van der Waals surface area contributed by atoms with Crippen LogP contribution in [-0.2, 0) is 11.3 Å². The van der Waals surface area contributed by atoms with Gasteiger partial charge in [0.2, 0.25) is 0 Å². The zero-order valence-electron chi connectivity index (χ0n) is 10.0. The van der Waals surface area contributed by atoms with Crippen LogP contribution in [0.4, 0.5) is 0 Å². The Hall–Kier alpha value is 0.246. The summed E-state index contributed by atoms with van der Waals surface area (Å²) >= 11 is 0. The van der Waals surface area contributed by atoms with Gasteiger partial charge in [0.1, 0.15) is 0 Å². The van der Waals surface area contributed by atoms with Crippen LogP contribution in [0.2, 0.25) is 0 Å². The van der Waals surface area contributed by atoms with E-state index in [2.05, 4.69) is 4.90 Å². The van der Waals surface area contributed by atoms with Crippen LogP contribution < -0.4 is 5.11 Å². The number of carboxylic acids is 1. The fraction of sp³-hybridized carbons (Fsp3) is 0.417. The number of ether oxygens (including phenoxy) is 1. The average Bonchev–Trinajstić information content (AvgIpc) is 2.31. The van der Waals surface area contributed by atoms with Crippen molar-refractivity contribution in [3.63, 3.8) is 0 Å². The first-order chi connectivity index (χ1) is 7.75. The third kappa shape index (κ3) is 4.79. The molecule has 1 aliphatic heterocycles. The number of hydrogen-bond acceptors (Lipinski definition) is 4. The number of carboxylic acid groups (broad SMARTS) is 1. The third-order valence-corrected chi connectivity index (χ3v) is 2.70. The van der Waals surface area contributed by atoms with Crippen molar-refractivity contribution in [2.24, 2.45) is 0 Å². The van der Waals surface area contributed by atoms with Crippen molar-refractivity contribution in [2.45, 2.75) is 6.54 Å². The van der Waals surface area contributed by atoms with Crippen LogP contribution in [0.15, 0.2) is 24.3 Å². The minimum atomic E-state index is -1.13. The van der Waals surface area contributed by atoms with Gasteiger partial charge in [0, 0.05) is 71.0 Å². The number of morpholine rings is 1. The number of hydrogen-bond donors (Lipinski definition) is 0. The van der Waals surface area contributed by atoms with Gasteiger partial charge in [-0.25, -0.2) is 0 Å². The van der Waals surface area contributed by atoms with Gasteiger partial charge < -0.3 is 14.6 Å². The molecule has 0 saturated carbocycles. The normalized spacial score (nSPS) is 16.2. The molecule has 2 rings (SSSR count). The fourth-order valence-corrected chi connectivity index (χ4v) is 1.76. The largest absolute Gasteiger partial charge is 0.545 e. The van der Waals surface area contributed by atoms with E-state index in [9.17, 15) is 9.90 Å². The van der Waals surface area contributed by atoms with Crippen molar-refractivity contribution in [3.05, 3.63) is 35.4 Å². The maximum Gasteiger partial charge on any atom is 0.0715 e. The number of benzene rings is 1. The van der Waals surface area contributed by atoms with Crippen LogP contribution in [0.3, 0.4) is 0 Å². The van der Waals surface area contributed by atoms with E-state index in [0.717, 1.165) is 38.4 Å². The maximum absolute atomic E-state index is 10.6. The zero-order valence-corrected chi connectivity index (χ0v) is 13.1. The second kappa shape index (κ2) is 7.63. The summed E-state index contributed by atoms with van der Waals surface area (Å²) in [5, 5.41) is 10.6. The van der Waals surface area contributed by atoms with Crippen molar-refractivity contribution < 1.29 is 14.6 Å². The molecule has 0 bridgehead atoms. The Labute approximate surface area is 143 Å². The van der Waals surface area contributed by atoms with Gasteiger partial charge in [-0.15, -0.1) is 0 Å². The zero-order chi connectivity index (χ0) is 11.4. The fourth-order valence-electron chi connectivity index (χ4n) is 1.76. The molecule has 0 unspecified atom stereocenters. The first-order valence-corrected chi connectivity index (χ1v) is 5.36. The van der Waals surface area contributed by atoms with Crippen molar-refractivity contribution in [2.75, 3.05) is 26.3 Å². The number of aromatic carboxylic acids is 1. The summed E-state index contributed by atoms with van der Waals surface area (Å²) in [4.78, 5) is 12.9. The van der Waals surface area contributed by atoms with Crippen molar-refractivity contribution in [1.29, 1.82) is 0 Å². The molecule has 5 heteroatoms. The van der Waals surface area contributed by atoms with Crippen LogP contribution in [0, 0.1) is 0 Å². The Morgan fingerprint density at radius 1 is 1.24 bits per heavy atom. The third-order valence-electron chi connectivity index (χ3n) is 2.70. The molecular weight excluding hydrogens is 245 g/mol. The van der Waals surface area contributed by atoms with E-state index >= 15 is 0 Å². The Morgan fingerprint density at radius 3 is 2.35 bits per heavy atom. The van der Waals surface area contributed by atoms with Crippen LogP contribution >= 0.6 is 0 Å². The van der Waals surface area contributed by atoms with Crippen molar-refractivity contribution in [1.82, 2.24) is 4.90 Å². The number of rotatable bonds is 3. The molecule has 1 fully saturated rings. The Bertz CT molecular complexity index is 361. The first-order valence-electron chi connectivity index (χ1n) is 5.36. The Morgan fingerprint density at radius 2 is 1.82 bits per heavy atom. The molecule has 87 valence electrons. The van der Waals surface area contributed by atoms with Gasteiger partial charge in [-0.1, -0.05) is 24.3 Å². The van der Waals surface area contributed by atoms with E-state index in [1.165, 1.54) is 0 Å². The van der Waals surface area contributed by atoms with E-state index in [1.54, 1.807) is 12.1 Å². The van der Waals surface area contributed by atoms with Gasteiger partial charge in [0.25, 0.3) is 0 Å². The summed E-state index contributed by atoms with van der Waals surface area (Å²) in [7, 11) is 0. The van der Waals surface area contributed by atoms with Crippen molar-refractivity contribution in [3.8, 4) is 0 Å². The summed E-state index contributed by atoms with van der Waals surface area (Å²) in [6, 6.07) is 6.84. The van der Waals surface area contributed by atoms with Crippen LogP contribution in [0.5, 0.6) is 0 Å². The first kappa shape index (κ1) is 15.3. The van der Waals surface area contributed by atoms with E-state index in [4.69, 9.17) is 4.74 Å². The van der Waals surface area contributed by atoms with E-state index in [0.29, 0.717) is 0 Å². The molecule has 17 heavy (non-hydrogen) atoms. The second-order valence-corrected chi connectivity index (χ2v) is 3.87. The summed E-state index contributed by atoms with van der Waals surface area (Å²) in [5.41, 5.74) is 1.35. The molecule has 1 saturated heterocycles. The van der Waals surface area contributed by atoms with Gasteiger partial charge in [0.15, 0.2) is 0 Å². The Balaban J connectivity index is 0.00000144. The van der Waals surface area contributed by atoms with E-state index < -0.39 is 5.97 Å².